The molecule has 0 bridgehead atoms. The molecule has 3 heterocycles. The summed E-state index contributed by atoms with van der Waals surface area (Å²) in [6.07, 6.45) is 6.26. The van der Waals surface area contributed by atoms with Crippen LogP contribution >= 0.6 is 0 Å². The Morgan fingerprint density at radius 3 is 2.79 bits per heavy atom. The number of ether oxygens (including phenoxy) is 1. The minimum Gasteiger partial charge on any atom is -0.455 e. The average molecular weight is 388 g/mol. The molecule has 4 rings (SSSR count). The van der Waals surface area contributed by atoms with E-state index < -0.39 is 0 Å². The first-order valence-corrected chi connectivity index (χ1v) is 9.59. The zero-order valence-electron chi connectivity index (χ0n) is 16.6. The Hall–Kier alpha value is -3.45. The number of nitrogens with zero attached hydrogens (tertiary/aromatic N) is 3. The number of rotatable bonds is 5. The van der Waals surface area contributed by atoms with Gasteiger partial charge in [-0.2, -0.15) is 0 Å². The number of pyridine rings is 1. The largest absolute Gasteiger partial charge is 0.455 e. The Bertz CT molecular complexity index is 1050. The predicted molar refractivity (Wildman–Crippen MR) is 116 cm³/mol. The smallest absolute Gasteiger partial charge is 0.145 e. The summed E-state index contributed by atoms with van der Waals surface area (Å²) < 4.78 is 5.96. The third-order valence-electron chi connectivity index (χ3n) is 4.78. The van der Waals surface area contributed by atoms with Gasteiger partial charge in [0.2, 0.25) is 0 Å². The molecule has 3 aromatic rings. The Labute approximate surface area is 170 Å². The predicted octanol–water partition coefficient (Wildman–Crippen LogP) is 4.18. The second kappa shape index (κ2) is 8.28. The number of aromatic nitrogens is 3. The standard InChI is InChI=1S/C22H24N6O/c1-14-9-17(4-6-20(14)29-18-5-3-15(2)25-12-18)28-22-19-10-16(11-23)7-8-24-21(19)26-13-27-22/h3-6,9-10,12-13H,7-8,11,23H2,1-2H3,(H2,24,26,27,28). The third-order valence-corrected chi connectivity index (χ3v) is 4.78. The first-order chi connectivity index (χ1) is 14.1. The van der Waals surface area contributed by atoms with Crippen molar-refractivity contribution >= 4 is 23.4 Å². The lowest BCUT2D eigenvalue weighted by atomic mass is 10.1. The monoisotopic (exact) mass is 388 g/mol. The zero-order valence-corrected chi connectivity index (χ0v) is 16.6. The highest BCUT2D eigenvalue weighted by molar-refractivity contribution is 5.78. The number of anilines is 3. The van der Waals surface area contributed by atoms with Gasteiger partial charge in [-0.05, 0) is 62.2 Å². The van der Waals surface area contributed by atoms with Crippen LogP contribution in [0, 0.1) is 13.8 Å². The summed E-state index contributed by atoms with van der Waals surface area (Å²) in [4.78, 5) is 13.1. The van der Waals surface area contributed by atoms with E-state index >= 15 is 0 Å². The molecule has 2 aromatic heterocycles. The molecule has 0 saturated carbocycles. The summed E-state index contributed by atoms with van der Waals surface area (Å²) >= 11 is 0. The number of hydrogen-bond acceptors (Lipinski definition) is 7. The Morgan fingerprint density at radius 2 is 2.03 bits per heavy atom. The van der Waals surface area contributed by atoms with Crippen molar-refractivity contribution in [2.75, 3.05) is 23.7 Å². The van der Waals surface area contributed by atoms with Gasteiger partial charge in [0.25, 0.3) is 0 Å². The first kappa shape index (κ1) is 18.9. The Kier molecular flexibility index (Phi) is 5.39. The van der Waals surface area contributed by atoms with Gasteiger partial charge in [-0.15, -0.1) is 0 Å². The minimum absolute atomic E-state index is 0.522. The van der Waals surface area contributed by atoms with Gasteiger partial charge in [0.15, 0.2) is 0 Å². The number of nitrogens with two attached hydrogens (primary N) is 1. The fourth-order valence-corrected chi connectivity index (χ4v) is 3.17. The maximum atomic E-state index is 5.96. The van der Waals surface area contributed by atoms with Crippen LogP contribution in [0.2, 0.25) is 0 Å². The summed E-state index contributed by atoms with van der Waals surface area (Å²) in [5.41, 5.74) is 10.8. The maximum Gasteiger partial charge on any atom is 0.145 e. The Balaban J connectivity index is 1.58. The fraction of sp³-hybridized carbons (Fsp3) is 0.227. The molecule has 7 nitrogen and oxygen atoms in total. The lowest BCUT2D eigenvalue weighted by Gasteiger charge is -2.14. The SMILES string of the molecule is Cc1ccc(Oc2ccc(Nc3ncnc4c3C=C(CN)CCN4)cc2C)cn1. The molecule has 0 aliphatic carbocycles. The molecule has 0 spiro atoms. The first-order valence-electron chi connectivity index (χ1n) is 9.59. The lowest BCUT2D eigenvalue weighted by Crippen LogP contribution is -2.07. The molecular formula is C22H24N6O. The van der Waals surface area contributed by atoms with Crippen LogP contribution in [0.15, 0.2) is 48.4 Å². The molecule has 0 amide bonds. The van der Waals surface area contributed by atoms with Gasteiger partial charge in [-0.3, -0.25) is 4.98 Å². The van der Waals surface area contributed by atoms with E-state index in [-0.39, 0.29) is 0 Å². The molecule has 4 N–H and O–H groups in total. The molecule has 0 fully saturated rings. The van der Waals surface area contributed by atoms with Crippen molar-refractivity contribution in [1.29, 1.82) is 0 Å². The van der Waals surface area contributed by atoms with Crippen molar-refractivity contribution in [3.63, 3.8) is 0 Å². The van der Waals surface area contributed by atoms with Crippen molar-refractivity contribution in [3.8, 4) is 11.5 Å². The van der Waals surface area contributed by atoms with Crippen LogP contribution < -0.4 is 21.1 Å². The molecule has 1 aromatic carbocycles. The van der Waals surface area contributed by atoms with Gasteiger partial charge >= 0.3 is 0 Å². The normalized spacial score (nSPS) is 13.0. The highest BCUT2D eigenvalue weighted by Gasteiger charge is 2.14. The Morgan fingerprint density at radius 1 is 1.14 bits per heavy atom. The zero-order chi connectivity index (χ0) is 20.2. The molecular weight excluding hydrogens is 364 g/mol. The number of hydrogen-bond donors (Lipinski definition) is 3. The maximum absolute atomic E-state index is 5.96. The van der Waals surface area contributed by atoms with Crippen LogP contribution in [0.3, 0.4) is 0 Å². The van der Waals surface area contributed by atoms with Gasteiger partial charge in [-0.1, -0.05) is 5.57 Å². The quantitative estimate of drug-likeness (QED) is 0.603. The summed E-state index contributed by atoms with van der Waals surface area (Å²) in [7, 11) is 0. The molecule has 0 radical (unpaired) electrons. The molecule has 0 atom stereocenters. The van der Waals surface area contributed by atoms with Crippen LogP contribution in [-0.4, -0.2) is 28.0 Å². The van der Waals surface area contributed by atoms with Gasteiger partial charge in [0.1, 0.15) is 29.5 Å². The van der Waals surface area contributed by atoms with E-state index in [1.165, 1.54) is 5.57 Å². The third kappa shape index (κ3) is 4.35. The van der Waals surface area contributed by atoms with Crippen LogP contribution in [0.5, 0.6) is 11.5 Å². The van der Waals surface area contributed by atoms with E-state index in [4.69, 9.17) is 10.5 Å². The molecule has 0 unspecified atom stereocenters. The van der Waals surface area contributed by atoms with Crippen LogP contribution in [0.4, 0.5) is 17.3 Å². The van der Waals surface area contributed by atoms with E-state index in [2.05, 4.69) is 31.7 Å². The van der Waals surface area contributed by atoms with E-state index in [1.54, 1.807) is 12.5 Å². The summed E-state index contributed by atoms with van der Waals surface area (Å²) in [6.45, 7) is 5.29. The number of aryl methyl sites for hydroxylation is 2. The van der Waals surface area contributed by atoms with E-state index in [1.807, 2.05) is 44.2 Å². The molecule has 148 valence electrons. The van der Waals surface area contributed by atoms with Gasteiger partial charge in [0, 0.05) is 24.5 Å². The number of benzene rings is 1. The molecule has 1 aliphatic heterocycles. The van der Waals surface area contributed by atoms with Crippen molar-refractivity contribution in [1.82, 2.24) is 15.0 Å². The molecule has 29 heavy (non-hydrogen) atoms. The van der Waals surface area contributed by atoms with Crippen LogP contribution in [0.25, 0.3) is 6.08 Å². The highest BCUT2D eigenvalue weighted by Crippen LogP contribution is 2.31. The summed E-state index contributed by atoms with van der Waals surface area (Å²) in [6, 6.07) is 9.78. The second-order valence-electron chi connectivity index (χ2n) is 7.01. The second-order valence-corrected chi connectivity index (χ2v) is 7.01. The van der Waals surface area contributed by atoms with E-state index in [0.717, 1.165) is 52.9 Å². The molecule has 7 heteroatoms. The van der Waals surface area contributed by atoms with Crippen molar-refractivity contribution in [2.24, 2.45) is 5.73 Å². The topological polar surface area (TPSA) is 98.0 Å². The number of fused-ring (bicyclic) bond motifs is 1. The van der Waals surface area contributed by atoms with Crippen molar-refractivity contribution in [3.05, 3.63) is 65.2 Å². The molecule has 0 saturated heterocycles. The minimum atomic E-state index is 0.522. The molecule has 1 aliphatic rings. The summed E-state index contributed by atoms with van der Waals surface area (Å²) in [5.74, 6) is 3.06. The lowest BCUT2D eigenvalue weighted by molar-refractivity contribution is 0.476. The van der Waals surface area contributed by atoms with Gasteiger partial charge in [0.05, 0.1) is 11.8 Å². The summed E-state index contributed by atoms with van der Waals surface area (Å²) in [5, 5.41) is 6.74. The van der Waals surface area contributed by atoms with Crippen LogP contribution in [-0.2, 0) is 0 Å². The van der Waals surface area contributed by atoms with Gasteiger partial charge < -0.3 is 21.1 Å². The van der Waals surface area contributed by atoms with Crippen LogP contribution in [0.1, 0.15) is 23.2 Å². The number of nitrogens with one attached hydrogen (secondary N) is 2. The van der Waals surface area contributed by atoms with Crippen molar-refractivity contribution < 1.29 is 4.74 Å². The van der Waals surface area contributed by atoms with Gasteiger partial charge in [-0.25, -0.2) is 9.97 Å². The highest BCUT2D eigenvalue weighted by atomic mass is 16.5. The van der Waals surface area contributed by atoms with E-state index in [0.29, 0.717) is 12.3 Å². The van der Waals surface area contributed by atoms with E-state index in [9.17, 15) is 0 Å². The average Bonchev–Trinajstić information content (AvgIpc) is 2.94. The fourth-order valence-electron chi connectivity index (χ4n) is 3.17. The van der Waals surface area contributed by atoms with Crippen molar-refractivity contribution in [2.45, 2.75) is 20.3 Å².